The van der Waals surface area contributed by atoms with Gasteiger partial charge in [-0.1, -0.05) is 0 Å². The molecule has 1 fully saturated rings. The van der Waals surface area contributed by atoms with E-state index < -0.39 is 5.54 Å². The van der Waals surface area contributed by atoms with Crippen LogP contribution in [0.5, 0.6) is 0 Å². The van der Waals surface area contributed by atoms with E-state index in [1.165, 1.54) is 23.3 Å². The largest absolute Gasteiger partial charge is 0.465 e. The van der Waals surface area contributed by atoms with E-state index in [0.29, 0.717) is 10.6 Å². The predicted molar refractivity (Wildman–Crippen MR) is 82.0 cm³/mol. The molecule has 114 valence electrons. The van der Waals surface area contributed by atoms with E-state index in [-0.39, 0.29) is 11.9 Å². The second kappa shape index (κ2) is 5.42. The van der Waals surface area contributed by atoms with Crippen molar-refractivity contribution >= 4 is 28.2 Å². The van der Waals surface area contributed by atoms with Gasteiger partial charge in [-0.05, 0) is 51.1 Å². The van der Waals surface area contributed by atoms with E-state index in [4.69, 9.17) is 4.74 Å². The Labute approximate surface area is 128 Å². The van der Waals surface area contributed by atoms with Gasteiger partial charge >= 0.3 is 5.97 Å². The molecular weight excluding hydrogens is 288 g/mol. The third-order valence-electron chi connectivity index (χ3n) is 4.41. The molecule has 1 atom stereocenters. The number of carbonyl (C=O) groups excluding carboxylic acids is 2. The molecule has 0 saturated carbocycles. The molecule has 2 N–H and O–H groups in total. The number of aryl methyl sites for hydroxylation is 1. The van der Waals surface area contributed by atoms with Gasteiger partial charge in [0.25, 0.3) is 0 Å². The van der Waals surface area contributed by atoms with Crippen LogP contribution in [0.2, 0.25) is 0 Å². The number of nitrogens with one attached hydrogen (secondary N) is 2. The number of ether oxygens (including phenoxy) is 1. The Morgan fingerprint density at radius 2 is 2.14 bits per heavy atom. The third-order valence-corrected chi connectivity index (χ3v) is 5.61. The molecule has 1 aliphatic heterocycles. The highest BCUT2D eigenvalue weighted by atomic mass is 32.1. The number of rotatable bonds is 3. The summed E-state index contributed by atoms with van der Waals surface area (Å²) in [6.07, 6.45) is 4.75. The van der Waals surface area contributed by atoms with Crippen LogP contribution in [0.3, 0.4) is 0 Å². The Kier molecular flexibility index (Phi) is 3.75. The highest BCUT2D eigenvalue weighted by Gasteiger charge is 2.37. The molecule has 1 unspecified atom stereocenters. The predicted octanol–water partition coefficient (Wildman–Crippen LogP) is 2.10. The first-order valence-corrected chi connectivity index (χ1v) is 8.16. The fourth-order valence-corrected chi connectivity index (χ4v) is 4.41. The van der Waals surface area contributed by atoms with Crippen LogP contribution in [0, 0.1) is 0 Å². The molecule has 0 spiro atoms. The van der Waals surface area contributed by atoms with Gasteiger partial charge in [0.2, 0.25) is 5.91 Å². The maximum absolute atomic E-state index is 12.5. The average Bonchev–Trinajstić information content (AvgIpc) is 3.14. The van der Waals surface area contributed by atoms with Gasteiger partial charge in [-0.3, -0.25) is 4.79 Å². The van der Waals surface area contributed by atoms with Crippen molar-refractivity contribution < 1.29 is 14.3 Å². The Bertz CT molecular complexity index is 588. The highest BCUT2D eigenvalue weighted by molar-refractivity contribution is 7.17. The SMILES string of the molecule is COC(=O)c1c(NC(=O)C2(C)CCCN2)sc2c1CCC2. The van der Waals surface area contributed by atoms with E-state index in [0.717, 1.165) is 44.2 Å². The molecule has 1 saturated heterocycles. The number of hydrogen-bond donors (Lipinski definition) is 2. The minimum absolute atomic E-state index is 0.0647. The topological polar surface area (TPSA) is 67.4 Å². The smallest absolute Gasteiger partial charge is 0.341 e. The van der Waals surface area contributed by atoms with Gasteiger partial charge in [-0.2, -0.15) is 0 Å². The second-order valence-electron chi connectivity index (χ2n) is 5.87. The third kappa shape index (κ3) is 2.46. The van der Waals surface area contributed by atoms with Crippen LogP contribution >= 0.6 is 11.3 Å². The minimum Gasteiger partial charge on any atom is -0.465 e. The summed E-state index contributed by atoms with van der Waals surface area (Å²) in [7, 11) is 1.38. The molecule has 1 aromatic heterocycles. The molecule has 0 aromatic carbocycles. The molecule has 2 heterocycles. The van der Waals surface area contributed by atoms with Crippen molar-refractivity contribution in [2.45, 2.75) is 44.6 Å². The first-order chi connectivity index (χ1) is 10.0. The van der Waals surface area contributed by atoms with E-state index in [1.54, 1.807) is 0 Å². The first-order valence-electron chi connectivity index (χ1n) is 7.34. The lowest BCUT2D eigenvalue weighted by Gasteiger charge is -2.22. The standard InChI is InChI=1S/C15H20N2O3S/c1-15(7-4-8-16-15)14(19)17-12-11(13(18)20-2)9-5-3-6-10(9)21-12/h16H,3-8H2,1-2H3,(H,17,19). The zero-order valence-electron chi connectivity index (χ0n) is 12.4. The van der Waals surface area contributed by atoms with Crippen LogP contribution < -0.4 is 10.6 Å². The van der Waals surface area contributed by atoms with Crippen LogP contribution in [0.25, 0.3) is 0 Å². The molecule has 1 aliphatic carbocycles. The van der Waals surface area contributed by atoms with Gasteiger partial charge in [0.1, 0.15) is 5.00 Å². The van der Waals surface area contributed by atoms with Crippen molar-refractivity contribution in [3.63, 3.8) is 0 Å². The van der Waals surface area contributed by atoms with Gasteiger partial charge in [-0.25, -0.2) is 4.79 Å². The summed E-state index contributed by atoms with van der Waals surface area (Å²) in [5.74, 6) is -0.417. The van der Waals surface area contributed by atoms with Crippen LogP contribution in [-0.2, 0) is 22.4 Å². The van der Waals surface area contributed by atoms with Gasteiger partial charge in [0.05, 0.1) is 18.2 Å². The summed E-state index contributed by atoms with van der Waals surface area (Å²) in [6.45, 7) is 2.77. The summed E-state index contributed by atoms with van der Waals surface area (Å²) >= 11 is 1.52. The van der Waals surface area contributed by atoms with E-state index in [2.05, 4.69) is 10.6 Å². The van der Waals surface area contributed by atoms with Gasteiger partial charge in [-0.15, -0.1) is 11.3 Å². The van der Waals surface area contributed by atoms with E-state index in [1.807, 2.05) is 6.92 Å². The monoisotopic (exact) mass is 308 g/mol. The number of methoxy groups -OCH3 is 1. The summed E-state index contributed by atoms with van der Waals surface area (Å²) in [5, 5.41) is 6.84. The fourth-order valence-electron chi connectivity index (χ4n) is 3.14. The normalized spacial score (nSPS) is 23.9. The summed E-state index contributed by atoms with van der Waals surface area (Å²) in [6, 6.07) is 0. The molecule has 0 bridgehead atoms. The lowest BCUT2D eigenvalue weighted by molar-refractivity contribution is -0.121. The van der Waals surface area contributed by atoms with Crippen molar-refractivity contribution in [1.82, 2.24) is 5.32 Å². The zero-order valence-corrected chi connectivity index (χ0v) is 13.2. The van der Waals surface area contributed by atoms with Crippen LogP contribution in [0.4, 0.5) is 5.00 Å². The average molecular weight is 308 g/mol. The van der Waals surface area contributed by atoms with Crippen molar-refractivity contribution in [1.29, 1.82) is 0 Å². The number of amides is 1. The van der Waals surface area contributed by atoms with E-state index in [9.17, 15) is 9.59 Å². The molecule has 1 amide bonds. The molecule has 21 heavy (non-hydrogen) atoms. The molecule has 1 aromatic rings. The maximum atomic E-state index is 12.5. The highest BCUT2D eigenvalue weighted by Crippen LogP contribution is 2.40. The van der Waals surface area contributed by atoms with Crippen LogP contribution in [-0.4, -0.2) is 31.1 Å². The Balaban J connectivity index is 1.89. The van der Waals surface area contributed by atoms with Crippen LogP contribution in [0.1, 0.15) is 47.0 Å². The Morgan fingerprint density at radius 3 is 2.81 bits per heavy atom. The second-order valence-corrected chi connectivity index (χ2v) is 6.97. The molecule has 5 nitrogen and oxygen atoms in total. The maximum Gasteiger partial charge on any atom is 0.341 e. The molecule has 3 rings (SSSR count). The Morgan fingerprint density at radius 1 is 1.33 bits per heavy atom. The first kappa shape index (κ1) is 14.5. The fraction of sp³-hybridized carbons (Fsp3) is 0.600. The molecule has 2 aliphatic rings. The lowest BCUT2D eigenvalue weighted by Crippen LogP contribution is -2.48. The summed E-state index contributed by atoms with van der Waals surface area (Å²) < 4.78 is 4.89. The van der Waals surface area contributed by atoms with Crippen molar-refractivity contribution in [2.75, 3.05) is 19.0 Å². The van der Waals surface area contributed by atoms with Gasteiger partial charge in [0, 0.05) is 4.88 Å². The van der Waals surface area contributed by atoms with Crippen molar-refractivity contribution in [2.24, 2.45) is 0 Å². The zero-order chi connectivity index (χ0) is 15.0. The van der Waals surface area contributed by atoms with Crippen molar-refractivity contribution in [3.8, 4) is 0 Å². The molecule has 6 heteroatoms. The Hall–Kier alpha value is -1.40. The number of fused-ring (bicyclic) bond motifs is 1. The van der Waals surface area contributed by atoms with Crippen molar-refractivity contribution in [3.05, 3.63) is 16.0 Å². The van der Waals surface area contributed by atoms with Gasteiger partial charge < -0.3 is 15.4 Å². The minimum atomic E-state index is -0.540. The summed E-state index contributed by atoms with van der Waals surface area (Å²) in [4.78, 5) is 25.8. The number of esters is 1. The van der Waals surface area contributed by atoms with Gasteiger partial charge in [0.15, 0.2) is 0 Å². The van der Waals surface area contributed by atoms with E-state index >= 15 is 0 Å². The molecule has 0 radical (unpaired) electrons. The molecular formula is C15H20N2O3S. The number of hydrogen-bond acceptors (Lipinski definition) is 5. The number of carbonyl (C=O) groups is 2. The number of thiophene rings is 1. The number of anilines is 1. The quantitative estimate of drug-likeness (QED) is 0.839. The van der Waals surface area contributed by atoms with Crippen LogP contribution in [0.15, 0.2) is 0 Å². The summed E-state index contributed by atoms with van der Waals surface area (Å²) in [5.41, 5.74) is 1.08. The lowest BCUT2D eigenvalue weighted by atomic mass is 9.99.